The van der Waals surface area contributed by atoms with Gasteiger partial charge in [0.05, 0.1) is 6.04 Å². The maximum absolute atomic E-state index is 9.28. The Bertz CT molecular complexity index is 152. The van der Waals surface area contributed by atoms with Gasteiger partial charge < -0.3 is 31.5 Å². The Kier molecular flexibility index (Phi) is 2.99. The SMILES string of the molecule is NC[C@H]1OC(O)[C@H](N)[C@H](O)[C@@H]1O. The van der Waals surface area contributed by atoms with Crippen molar-refractivity contribution in [2.24, 2.45) is 11.5 Å². The maximum Gasteiger partial charge on any atom is 0.172 e. The number of aliphatic hydroxyl groups excluding tert-OH is 3. The number of hydrogen-bond donors (Lipinski definition) is 5. The van der Waals surface area contributed by atoms with E-state index in [-0.39, 0.29) is 6.54 Å². The highest BCUT2D eigenvalue weighted by molar-refractivity contribution is 4.91. The fourth-order valence-electron chi connectivity index (χ4n) is 1.16. The fraction of sp³-hybridized carbons (Fsp3) is 1.00. The van der Waals surface area contributed by atoms with Gasteiger partial charge in [0.1, 0.15) is 18.3 Å². The van der Waals surface area contributed by atoms with Crippen LogP contribution in [0.2, 0.25) is 0 Å². The van der Waals surface area contributed by atoms with Gasteiger partial charge in [-0.05, 0) is 0 Å². The summed E-state index contributed by atoms with van der Waals surface area (Å²) in [6.07, 6.45) is -4.34. The van der Waals surface area contributed by atoms with Crippen LogP contribution in [0.4, 0.5) is 0 Å². The molecule has 1 aliphatic rings. The van der Waals surface area contributed by atoms with E-state index in [1.54, 1.807) is 0 Å². The van der Waals surface area contributed by atoms with Gasteiger partial charge in [-0.25, -0.2) is 0 Å². The third-order valence-corrected chi connectivity index (χ3v) is 2.00. The van der Waals surface area contributed by atoms with Crippen molar-refractivity contribution < 1.29 is 20.1 Å². The highest BCUT2D eigenvalue weighted by Crippen LogP contribution is 2.17. The first-order valence-corrected chi connectivity index (χ1v) is 3.73. The van der Waals surface area contributed by atoms with E-state index in [1.165, 1.54) is 0 Å². The van der Waals surface area contributed by atoms with Gasteiger partial charge in [0.2, 0.25) is 0 Å². The molecule has 1 unspecified atom stereocenters. The second-order valence-corrected chi connectivity index (χ2v) is 2.86. The lowest BCUT2D eigenvalue weighted by Gasteiger charge is -2.38. The largest absolute Gasteiger partial charge is 0.388 e. The van der Waals surface area contributed by atoms with Crippen LogP contribution in [0.1, 0.15) is 0 Å². The summed E-state index contributed by atoms with van der Waals surface area (Å²) in [7, 11) is 0. The molecule has 1 fully saturated rings. The highest BCUT2D eigenvalue weighted by atomic mass is 16.6. The number of ether oxygens (including phenoxy) is 1. The van der Waals surface area contributed by atoms with Crippen LogP contribution in [-0.4, -0.2) is 52.5 Å². The van der Waals surface area contributed by atoms with Crippen LogP contribution in [0, 0.1) is 0 Å². The third kappa shape index (κ3) is 1.58. The summed E-state index contributed by atoms with van der Waals surface area (Å²) in [6.45, 7) is 0.0298. The third-order valence-electron chi connectivity index (χ3n) is 2.00. The first-order valence-electron chi connectivity index (χ1n) is 3.73. The predicted octanol–water partition coefficient (Wildman–Crippen LogP) is -3.29. The van der Waals surface area contributed by atoms with E-state index >= 15 is 0 Å². The highest BCUT2D eigenvalue weighted by Gasteiger charge is 2.41. The second-order valence-electron chi connectivity index (χ2n) is 2.86. The minimum atomic E-state index is -1.27. The lowest BCUT2D eigenvalue weighted by molar-refractivity contribution is -0.238. The number of nitrogens with two attached hydrogens (primary N) is 2. The molecule has 1 saturated heterocycles. The quantitative estimate of drug-likeness (QED) is 0.287. The Hall–Kier alpha value is -0.240. The molecule has 72 valence electrons. The smallest absolute Gasteiger partial charge is 0.172 e. The fourth-order valence-corrected chi connectivity index (χ4v) is 1.16. The molecule has 0 aliphatic carbocycles. The molecule has 6 heteroatoms. The van der Waals surface area contributed by atoms with Crippen LogP contribution in [0.15, 0.2) is 0 Å². The van der Waals surface area contributed by atoms with Crippen molar-refractivity contribution in [3.05, 3.63) is 0 Å². The molecule has 12 heavy (non-hydrogen) atoms. The normalized spacial score (nSPS) is 49.2. The van der Waals surface area contributed by atoms with Crippen molar-refractivity contribution in [1.82, 2.24) is 0 Å². The summed E-state index contributed by atoms with van der Waals surface area (Å²) in [6, 6.07) is -0.984. The number of aliphatic hydroxyl groups is 3. The zero-order chi connectivity index (χ0) is 9.30. The second kappa shape index (κ2) is 3.65. The van der Waals surface area contributed by atoms with Crippen LogP contribution in [0.25, 0.3) is 0 Å². The van der Waals surface area contributed by atoms with Crippen LogP contribution in [0.3, 0.4) is 0 Å². The molecular weight excluding hydrogens is 164 g/mol. The Labute approximate surface area is 69.7 Å². The molecule has 6 nitrogen and oxygen atoms in total. The van der Waals surface area contributed by atoms with Gasteiger partial charge in [0.15, 0.2) is 6.29 Å². The average Bonchev–Trinajstić information content (AvgIpc) is 2.08. The minimum Gasteiger partial charge on any atom is -0.388 e. The molecule has 0 bridgehead atoms. The lowest BCUT2D eigenvalue weighted by atomic mass is 9.98. The van der Waals surface area contributed by atoms with E-state index in [1.807, 2.05) is 0 Å². The predicted molar refractivity (Wildman–Crippen MR) is 39.9 cm³/mol. The summed E-state index contributed by atoms with van der Waals surface area (Å²) in [5.74, 6) is 0. The first kappa shape index (κ1) is 9.85. The Morgan fingerprint density at radius 2 is 1.75 bits per heavy atom. The molecule has 0 amide bonds. The molecule has 0 aromatic heterocycles. The van der Waals surface area contributed by atoms with Gasteiger partial charge in [0, 0.05) is 6.54 Å². The van der Waals surface area contributed by atoms with Crippen molar-refractivity contribution in [3.8, 4) is 0 Å². The van der Waals surface area contributed by atoms with Crippen LogP contribution in [-0.2, 0) is 4.74 Å². The summed E-state index contributed by atoms with van der Waals surface area (Å²) in [5, 5.41) is 27.6. The molecule has 0 radical (unpaired) electrons. The zero-order valence-electron chi connectivity index (χ0n) is 6.50. The summed E-state index contributed by atoms with van der Waals surface area (Å²) in [5.41, 5.74) is 10.5. The van der Waals surface area contributed by atoms with Crippen LogP contribution in [0.5, 0.6) is 0 Å². The van der Waals surface area contributed by atoms with Crippen LogP contribution >= 0.6 is 0 Å². The van der Waals surface area contributed by atoms with E-state index in [2.05, 4.69) is 0 Å². The van der Waals surface area contributed by atoms with Gasteiger partial charge >= 0.3 is 0 Å². The average molecular weight is 178 g/mol. The molecule has 0 aromatic rings. The topological polar surface area (TPSA) is 122 Å². The van der Waals surface area contributed by atoms with Crippen LogP contribution < -0.4 is 11.5 Å². The van der Waals surface area contributed by atoms with E-state index in [0.717, 1.165) is 0 Å². The van der Waals surface area contributed by atoms with Crippen molar-refractivity contribution in [1.29, 1.82) is 0 Å². The van der Waals surface area contributed by atoms with E-state index in [0.29, 0.717) is 0 Å². The van der Waals surface area contributed by atoms with Gasteiger partial charge in [-0.1, -0.05) is 0 Å². The standard InChI is InChI=1S/C6H14N2O4/c7-1-2-4(9)5(10)3(8)6(11)12-2/h2-6,9-11H,1,7-8H2/t2-,3-,4-,5+,6?/m1/s1. The Morgan fingerprint density at radius 3 is 2.25 bits per heavy atom. The molecule has 5 atom stereocenters. The first-order chi connectivity index (χ1) is 5.57. The lowest BCUT2D eigenvalue weighted by Crippen LogP contribution is -2.62. The number of rotatable bonds is 1. The minimum absolute atomic E-state index is 0.0298. The molecule has 7 N–H and O–H groups in total. The van der Waals surface area contributed by atoms with Crippen molar-refractivity contribution in [2.45, 2.75) is 30.6 Å². The monoisotopic (exact) mass is 178 g/mol. The summed E-state index contributed by atoms with van der Waals surface area (Å²) in [4.78, 5) is 0. The Morgan fingerprint density at radius 1 is 1.17 bits per heavy atom. The summed E-state index contributed by atoms with van der Waals surface area (Å²) >= 11 is 0. The summed E-state index contributed by atoms with van der Waals surface area (Å²) < 4.78 is 4.83. The Balaban J connectivity index is 2.63. The van der Waals surface area contributed by atoms with Crippen molar-refractivity contribution >= 4 is 0 Å². The number of hydrogen-bond acceptors (Lipinski definition) is 6. The molecule has 1 aliphatic heterocycles. The molecule has 0 aromatic carbocycles. The maximum atomic E-state index is 9.28. The van der Waals surface area contributed by atoms with Gasteiger partial charge in [-0.3, -0.25) is 0 Å². The molecular formula is C6H14N2O4. The van der Waals surface area contributed by atoms with E-state index in [9.17, 15) is 10.2 Å². The molecule has 1 heterocycles. The zero-order valence-corrected chi connectivity index (χ0v) is 6.50. The molecule has 0 saturated carbocycles. The molecule has 0 spiro atoms. The van der Waals surface area contributed by atoms with E-state index in [4.69, 9.17) is 21.3 Å². The van der Waals surface area contributed by atoms with E-state index < -0.39 is 30.6 Å². The van der Waals surface area contributed by atoms with Gasteiger partial charge in [-0.15, -0.1) is 0 Å². The van der Waals surface area contributed by atoms with Gasteiger partial charge in [0.25, 0.3) is 0 Å². The van der Waals surface area contributed by atoms with Gasteiger partial charge in [-0.2, -0.15) is 0 Å². The molecule has 1 rings (SSSR count). The van der Waals surface area contributed by atoms with Crippen molar-refractivity contribution in [2.75, 3.05) is 6.54 Å². The van der Waals surface area contributed by atoms with Crippen molar-refractivity contribution in [3.63, 3.8) is 0 Å².